The first-order valence-corrected chi connectivity index (χ1v) is 5.33. The van der Waals surface area contributed by atoms with E-state index in [4.69, 9.17) is 0 Å². The number of rotatable bonds is 1. The van der Waals surface area contributed by atoms with E-state index >= 15 is 0 Å². The van der Waals surface area contributed by atoms with Crippen molar-refractivity contribution in [2.75, 3.05) is 13.1 Å². The first-order valence-electron chi connectivity index (χ1n) is 5.33. The van der Waals surface area contributed by atoms with Crippen molar-refractivity contribution < 1.29 is 0 Å². The average molecular weight is 193 g/mol. The molecule has 3 nitrogen and oxygen atoms in total. The Hall–Kier alpha value is -0.830. The number of hydrogen-bond donors (Lipinski definition) is 1. The topological polar surface area (TPSA) is 29.9 Å². The highest BCUT2D eigenvalue weighted by Crippen LogP contribution is 2.23. The van der Waals surface area contributed by atoms with Crippen LogP contribution in [0.3, 0.4) is 0 Å². The van der Waals surface area contributed by atoms with Gasteiger partial charge in [0.2, 0.25) is 0 Å². The molecule has 1 aromatic heterocycles. The van der Waals surface area contributed by atoms with Crippen LogP contribution in [0.15, 0.2) is 12.4 Å². The molecule has 3 heteroatoms. The summed E-state index contributed by atoms with van der Waals surface area (Å²) >= 11 is 0. The molecule has 0 bridgehead atoms. The van der Waals surface area contributed by atoms with Crippen LogP contribution in [0.5, 0.6) is 0 Å². The van der Waals surface area contributed by atoms with Crippen molar-refractivity contribution >= 4 is 0 Å². The lowest BCUT2D eigenvalue weighted by molar-refractivity contribution is 0.488. The zero-order valence-corrected chi connectivity index (χ0v) is 9.25. The molecule has 0 amide bonds. The molecular weight excluding hydrogens is 174 g/mol. The number of nitrogens with one attached hydrogen (secondary N) is 1. The average Bonchev–Trinajstić information content (AvgIpc) is 2.73. The van der Waals surface area contributed by atoms with Gasteiger partial charge in [-0.05, 0) is 23.9 Å². The van der Waals surface area contributed by atoms with Gasteiger partial charge in [0.1, 0.15) is 0 Å². The van der Waals surface area contributed by atoms with E-state index in [0.717, 1.165) is 13.1 Å². The molecule has 1 saturated heterocycles. The summed E-state index contributed by atoms with van der Waals surface area (Å²) in [4.78, 5) is 0. The van der Waals surface area contributed by atoms with Crippen LogP contribution in [0.25, 0.3) is 0 Å². The summed E-state index contributed by atoms with van der Waals surface area (Å²) in [7, 11) is 0. The first kappa shape index (κ1) is 9.71. The number of aromatic nitrogens is 2. The molecule has 0 unspecified atom stereocenters. The summed E-state index contributed by atoms with van der Waals surface area (Å²) in [5.41, 5.74) is 1.54. The fourth-order valence-electron chi connectivity index (χ4n) is 1.79. The monoisotopic (exact) mass is 193 g/mol. The van der Waals surface area contributed by atoms with Crippen molar-refractivity contribution in [3.63, 3.8) is 0 Å². The predicted molar refractivity (Wildman–Crippen MR) is 57.5 cm³/mol. The Morgan fingerprint density at radius 1 is 1.50 bits per heavy atom. The summed E-state index contributed by atoms with van der Waals surface area (Å²) in [6.45, 7) is 8.85. The standard InChI is InChI=1S/C11H19N3/c1-11(2,3)9-6-13-14(8-9)10-4-5-12-7-10/h6,8,10,12H,4-5,7H2,1-3H3/t10-/m0/s1. The summed E-state index contributed by atoms with van der Waals surface area (Å²) in [6.07, 6.45) is 5.39. The fraction of sp³-hybridized carbons (Fsp3) is 0.727. The van der Waals surface area contributed by atoms with E-state index in [1.807, 2.05) is 6.20 Å². The Labute approximate surface area is 85.5 Å². The molecule has 0 radical (unpaired) electrons. The minimum atomic E-state index is 0.213. The van der Waals surface area contributed by atoms with Gasteiger partial charge in [0.25, 0.3) is 0 Å². The SMILES string of the molecule is CC(C)(C)c1cnn([C@H]2CCNC2)c1. The van der Waals surface area contributed by atoms with E-state index < -0.39 is 0 Å². The van der Waals surface area contributed by atoms with Crippen molar-refractivity contribution in [1.82, 2.24) is 15.1 Å². The molecule has 78 valence electrons. The minimum Gasteiger partial charge on any atom is -0.315 e. The van der Waals surface area contributed by atoms with Crippen molar-refractivity contribution in [2.24, 2.45) is 0 Å². The fourth-order valence-corrected chi connectivity index (χ4v) is 1.79. The smallest absolute Gasteiger partial charge is 0.0655 e. The molecule has 0 aliphatic carbocycles. The third-order valence-corrected chi connectivity index (χ3v) is 2.88. The molecule has 1 aromatic rings. The van der Waals surface area contributed by atoms with E-state index in [1.54, 1.807) is 0 Å². The van der Waals surface area contributed by atoms with Crippen LogP contribution in [0.2, 0.25) is 0 Å². The molecule has 1 aliphatic heterocycles. The van der Waals surface area contributed by atoms with Crippen molar-refractivity contribution in [2.45, 2.75) is 38.6 Å². The molecular formula is C11H19N3. The van der Waals surface area contributed by atoms with Crippen molar-refractivity contribution in [3.05, 3.63) is 18.0 Å². The van der Waals surface area contributed by atoms with Crippen LogP contribution in [0.4, 0.5) is 0 Å². The molecule has 1 atom stereocenters. The molecule has 2 rings (SSSR count). The molecule has 14 heavy (non-hydrogen) atoms. The maximum atomic E-state index is 4.44. The second-order valence-electron chi connectivity index (χ2n) is 5.11. The van der Waals surface area contributed by atoms with E-state index in [9.17, 15) is 0 Å². The lowest BCUT2D eigenvalue weighted by atomic mass is 9.90. The zero-order chi connectivity index (χ0) is 10.2. The van der Waals surface area contributed by atoms with Crippen LogP contribution in [-0.2, 0) is 5.41 Å². The van der Waals surface area contributed by atoms with Gasteiger partial charge in [-0.3, -0.25) is 4.68 Å². The highest BCUT2D eigenvalue weighted by Gasteiger charge is 2.20. The van der Waals surface area contributed by atoms with Crippen LogP contribution in [0, 0.1) is 0 Å². The maximum Gasteiger partial charge on any atom is 0.0655 e. The van der Waals surface area contributed by atoms with Crippen LogP contribution >= 0.6 is 0 Å². The second-order valence-corrected chi connectivity index (χ2v) is 5.11. The Morgan fingerprint density at radius 3 is 2.79 bits per heavy atom. The molecule has 1 aliphatic rings. The van der Waals surface area contributed by atoms with Gasteiger partial charge in [-0.15, -0.1) is 0 Å². The lowest BCUT2D eigenvalue weighted by Crippen LogP contribution is -2.14. The quantitative estimate of drug-likeness (QED) is 0.736. The third kappa shape index (κ3) is 1.82. The van der Waals surface area contributed by atoms with Crippen LogP contribution < -0.4 is 5.32 Å². The molecule has 2 heterocycles. The van der Waals surface area contributed by atoms with Gasteiger partial charge in [-0.1, -0.05) is 20.8 Å². The highest BCUT2D eigenvalue weighted by atomic mass is 15.3. The lowest BCUT2D eigenvalue weighted by Gasteiger charge is -2.15. The number of nitrogens with zero attached hydrogens (tertiary/aromatic N) is 2. The minimum absolute atomic E-state index is 0.213. The Kier molecular flexibility index (Phi) is 2.35. The highest BCUT2D eigenvalue weighted by molar-refractivity contribution is 5.15. The second kappa shape index (κ2) is 3.39. The van der Waals surface area contributed by atoms with Crippen LogP contribution in [0.1, 0.15) is 38.8 Å². The Morgan fingerprint density at radius 2 is 2.29 bits per heavy atom. The van der Waals surface area contributed by atoms with Gasteiger partial charge in [0.05, 0.1) is 12.2 Å². The Balaban J connectivity index is 2.17. The molecule has 0 spiro atoms. The largest absolute Gasteiger partial charge is 0.315 e. The van der Waals surface area contributed by atoms with Gasteiger partial charge in [0, 0.05) is 12.7 Å². The van der Waals surface area contributed by atoms with E-state index in [0.29, 0.717) is 6.04 Å². The van der Waals surface area contributed by atoms with Gasteiger partial charge in [0.15, 0.2) is 0 Å². The van der Waals surface area contributed by atoms with Gasteiger partial charge < -0.3 is 5.32 Å². The van der Waals surface area contributed by atoms with E-state index in [1.165, 1.54) is 12.0 Å². The normalized spacial score (nSPS) is 22.9. The maximum absolute atomic E-state index is 4.44. The van der Waals surface area contributed by atoms with Crippen molar-refractivity contribution in [1.29, 1.82) is 0 Å². The summed E-state index contributed by atoms with van der Waals surface area (Å²) < 4.78 is 2.11. The Bertz CT molecular complexity index is 303. The van der Waals surface area contributed by atoms with E-state index in [-0.39, 0.29) is 5.41 Å². The third-order valence-electron chi connectivity index (χ3n) is 2.88. The summed E-state index contributed by atoms with van der Waals surface area (Å²) in [5, 5.41) is 7.80. The van der Waals surface area contributed by atoms with Gasteiger partial charge in [-0.2, -0.15) is 5.10 Å². The zero-order valence-electron chi connectivity index (χ0n) is 9.25. The predicted octanol–water partition coefficient (Wildman–Crippen LogP) is 1.71. The molecule has 0 saturated carbocycles. The van der Waals surface area contributed by atoms with Crippen LogP contribution in [-0.4, -0.2) is 22.9 Å². The summed E-state index contributed by atoms with van der Waals surface area (Å²) in [5.74, 6) is 0. The molecule has 1 fully saturated rings. The van der Waals surface area contributed by atoms with E-state index in [2.05, 4.69) is 42.1 Å². The van der Waals surface area contributed by atoms with Gasteiger partial charge >= 0.3 is 0 Å². The number of hydrogen-bond acceptors (Lipinski definition) is 2. The molecule has 1 N–H and O–H groups in total. The van der Waals surface area contributed by atoms with Crippen molar-refractivity contribution in [3.8, 4) is 0 Å². The molecule has 0 aromatic carbocycles. The summed E-state index contributed by atoms with van der Waals surface area (Å²) in [6, 6.07) is 0.561. The van der Waals surface area contributed by atoms with Gasteiger partial charge in [-0.25, -0.2) is 0 Å². The first-order chi connectivity index (χ1) is 6.57.